The molecule has 2 fully saturated rings. The van der Waals surface area contributed by atoms with Crippen LogP contribution in [-0.4, -0.2) is 0 Å². The van der Waals surface area contributed by atoms with Crippen LogP contribution in [0.4, 0.5) is 0 Å². The van der Waals surface area contributed by atoms with Gasteiger partial charge in [-0.3, -0.25) is 0 Å². The molecule has 2 aliphatic carbocycles. The minimum Gasteiger partial charge on any atom is -0.198 e. The molecule has 0 aromatic rings. The zero-order valence-corrected chi connectivity index (χ0v) is 12.4. The van der Waals surface area contributed by atoms with Gasteiger partial charge in [0.05, 0.1) is 11.5 Å². The van der Waals surface area contributed by atoms with Crippen molar-refractivity contribution in [1.82, 2.24) is 0 Å². The molecule has 0 aromatic carbocycles. The molecule has 2 aliphatic rings. The number of hydrogen-bond acceptors (Lipinski definition) is 1. The molecule has 0 saturated heterocycles. The van der Waals surface area contributed by atoms with E-state index in [0.29, 0.717) is 5.92 Å². The van der Waals surface area contributed by atoms with E-state index in [4.69, 9.17) is 0 Å². The molecule has 0 radical (unpaired) electrons. The summed E-state index contributed by atoms with van der Waals surface area (Å²) >= 11 is 0. The molecule has 1 nitrogen and oxygen atoms in total. The Morgan fingerprint density at radius 3 is 2.39 bits per heavy atom. The highest BCUT2D eigenvalue weighted by atomic mass is 14.5. The molecule has 0 N–H and O–H groups in total. The topological polar surface area (TPSA) is 23.8 Å². The molecule has 0 heterocycles. The Hall–Kier alpha value is -0.510. The van der Waals surface area contributed by atoms with E-state index in [-0.39, 0.29) is 5.41 Å². The van der Waals surface area contributed by atoms with Crippen LogP contribution in [0.2, 0.25) is 0 Å². The number of nitriles is 1. The van der Waals surface area contributed by atoms with E-state index in [1.807, 2.05) is 0 Å². The van der Waals surface area contributed by atoms with Gasteiger partial charge in [0, 0.05) is 0 Å². The molecule has 102 valence electrons. The first-order chi connectivity index (χ1) is 8.59. The van der Waals surface area contributed by atoms with Crippen LogP contribution in [0.3, 0.4) is 0 Å². The lowest BCUT2D eigenvalue weighted by molar-refractivity contribution is 0.0597. The molecule has 0 amide bonds. The van der Waals surface area contributed by atoms with Gasteiger partial charge in [-0.15, -0.1) is 0 Å². The largest absolute Gasteiger partial charge is 0.198 e. The molecule has 18 heavy (non-hydrogen) atoms. The summed E-state index contributed by atoms with van der Waals surface area (Å²) in [7, 11) is 0. The summed E-state index contributed by atoms with van der Waals surface area (Å²) in [5.74, 6) is 3.14. The molecule has 0 aliphatic heterocycles. The fourth-order valence-electron chi connectivity index (χ4n) is 4.74. The summed E-state index contributed by atoms with van der Waals surface area (Å²) < 4.78 is 0. The Morgan fingerprint density at radius 1 is 1.17 bits per heavy atom. The van der Waals surface area contributed by atoms with Gasteiger partial charge in [-0.05, 0) is 55.8 Å². The van der Waals surface area contributed by atoms with Gasteiger partial charge in [-0.2, -0.15) is 5.26 Å². The van der Waals surface area contributed by atoms with Gasteiger partial charge in [0.25, 0.3) is 0 Å². The Bertz CT molecular complexity index is 306. The van der Waals surface area contributed by atoms with E-state index in [9.17, 15) is 5.26 Å². The number of hydrogen-bond donors (Lipinski definition) is 0. The Kier molecular flexibility index (Phi) is 4.36. The van der Waals surface area contributed by atoms with Crippen LogP contribution in [0.25, 0.3) is 0 Å². The van der Waals surface area contributed by atoms with Crippen molar-refractivity contribution in [3.8, 4) is 6.07 Å². The lowest BCUT2D eigenvalue weighted by Crippen LogP contribution is -2.38. The number of nitrogens with zero attached hydrogens (tertiary/aromatic N) is 1. The van der Waals surface area contributed by atoms with Crippen molar-refractivity contribution >= 4 is 0 Å². The summed E-state index contributed by atoms with van der Waals surface area (Å²) in [6, 6.07) is 2.79. The van der Waals surface area contributed by atoms with Crippen LogP contribution in [0, 0.1) is 40.4 Å². The molecular formula is C17H29N. The smallest absolute Gasteiger partial charge is 0.0692 e. The third-order valence-electron chi connectivity index (χ3n) is 5.65. The molecule has 4 atom stereocenters. The van der Waals surface area contributed by atoms with Gasteiger partial charge in [0.2, 0.25) is 0 Å². The normalized spacial score (nSPS) is 45.4. The lowest BCUT2D eigenvalue weighted by Gasteiger charge is -2.45. The molecule has 2 saturated carbocycles. The average molecular weight is 247 g/mol. The molecule has 1 heteroatoms. The second-order valence-corrected chi connectivity index (χ2v) is 7.25. The van der Waals surface area contributed by atoms with E-state index in [1.165, 1.54) is 51.4 Å². The monoisotopic (exact) mass is 247 g/mol. The molecule has 4 unspecified atom stereocenters. The Labute approximate surface area is 113 Å². The third kappa shape index (κ3) is 2.73. The first kappa shape index (κ1) is 13.9. The van der Waals surface area contributed by atoms with Gasteiger partial charge < -0.3 is 0 Å². The first-order valence-electron chi connectivity index (χ1n) is 8.01. The van der Waals surface area contributed by atoms with Crippen LogP contribution in [0.5, 0.6) is 0 Å². The van der Waals surface area contributed by atoms with Crippen molar-refractivity contribution in [2.24, 2.45) is 29.1 Å². The molecule has 0 bridgehead atoms. The minimum absolute atomic E-state index is 0.0296. The maximum atomic E-state index is 9.83. The summed E-state index contributed by atoms with van der Waals surface area (Å²) in [5.41, 5.74) is 0.0296. The van der Waals surface area contributed by atoms with Crippen LogP contribution in [0.1, 0.15) is 72.1 Å². The van der Waals surface area contributed by atoms with Gasteiger partial charge in [0.15, 0.2) is 0 Å². The third-order valence-corrected chi connectivity index (χ3v) is 5.65. The summed E-state index contributed by atoms with van der Waals surface area (Å²) in [4.78, 5) is 0. The first-order valence-corrected chi connectivity index (χ1v) is 8.01. The number of rotatable bonds is 2. The summed E-state index contributed by atoms with van der Waals surface area (Å²) in [6.07, 6.45) is 10.2. The zero-order chi connectivity index (χ0) is 13.2. The van der Waals surface area contributed by atoms with Crippen molar-refractivity contribution in [2.75, 3.05) is 0 Å². The zero-order valence-electron chi connectivity index (χ0n) is 12.4. The second-order valence-electron chi connectivity index (χ2n) is 7.25. The van der Waals surface area contributed by atoms with E-state index < -0.39 is 0 Å². The maximum absolute atomic E-state index is 9.83. The van der Waals surface area contributed by atoms with Crippen molar-refractivity contribution in [3.63, 3.8) is 0 Å². The van der Waals surface area contributed by atoms with Crippen LogP contribution in [0.15, 0.2) is 0 Å². The van der Waals surface area contributed by atoms with E-state index in [1.54, 1.807) is 0 Å². The van der Waals surface area contributed by atoms with Gasteiger partial charge in [-0.1, -0.05) is 40.0 Å². The predicted molar refractivity (Wildman–Crippen MR) is 76.0 cm³/mol. The minimum atomic E-state index is 0.0296. The average Bonchev–Trinajstić information content (AvgIpc) is 2.37. The SMILES string of the molecule is CCC1CCCC(C#N)(C2CC(C)CC(C)C2)C1. The van der Waals surface area contributed by atoms with Crippen LogP contribution < -0.4 is 0 Å². The predicted octanol–water partition coefficient (Wildman–Crippen LogP) is 5.17. The highest BCUT2D eigenvalue weighted by molar-refractivity contribution is 5.07. The molecule has 0 aromatic heterocycles. The quantitative estimate of drug-likeness (QED) is 0.660. The second kappa shape index (κ2) is 5.64. The molecule has 2 rings (SSSR count). The maximum Gasteiger partial charge on any atom is 0.0692 e. The Morgan fingerprint density at radius 2 is 1.83 bits per heavy atom. The fraction of sp³-hybridized carbons (Fsp3) is 0.941. The van der Waals surface area contributed by atoms with E-state index >= 15 is 0 Å². The lowest BCUT2D eigenvalue weighted by atomic mass is 9.57. The summed E-state index contributed by atoms with van der Waals surface area (Å²) in [6.45, 7) is 7.06. The molecular weight excluding hydrogens is 218 g/mol. The highest BCUT2D eigenvalue weighted by Gasteiger charge is 2.44. The van der Waals surface area contributed by atoms with E-state index in [0.717, 1.165) is 17.8 Å². The van der Waals surface area contributed by atoms with Crippen molar-refractivity contribution in [3.05, 3.63) is 0 Å². The van der Waals surface area contributed by atoms with Crippen LogP contribution >= 0.6 is 0 Å². The standard InChI is InChI=1S/C17H29N/c1-4-15-6-5-7-17(11-15,12-18)16-9-13(2)8-14(3)10-16/h13-16H,4-11H2,1-3H3. The van der Waals surface area contributed by atoms with Crippen molar-refractivity contribution in [2.45, 2.75) is 72.1 Å². The fourth-order valence-corrected chi connectivity index (χ4v) is 4.74. The van der Waals surface area contributed by atoms with Gasteiger partial charge >= 0.3 is 0 Å². The van der Waals surface area contributed by atoms with Crippen LogP contribution in [-0.2, 0) is 0 Å². The van der Waals surface area contributed by atoms with Crippen molar-refractivity contribution in [1.29, 1.82) is 5.26 Å². The highest BCUT2D eigenvalue weighted by Crippen LogP contribution is 2.51. The van der Waals surface area contributed by atoms with Crippen molar-refractivity contribution < 1.29 is 0 Å². The molecule has 0 spiro atoms. The summed E-state index contributed by atoms with van der Waals surface area (Å²) in [5, 5.41) is 9.83. The van der Waals surface area contributed by atoms with Gasteiger partial charge in [0.1, 0.15) is 0 Å². The van der Waals surface area contributed by atoms with Gasteiger partial charge in [-0.25, -0.2) is 0 Å². The Balaban J connectivity index is 2.13. The van der Waals surface area contributed by atoms with E-state index in [2.05, 4.69) is 26.8 Å².